The fourth-order valence-corrected chi connectivity index (χ4v) is 2.84. The smallest absolute Gasteiger partial charge is 0.0573 e. The van der Waals surface area contributed by atoms with E-state index in [1.165, 1.54) is 24.9 Å². The Morgan fingerprint density at radius 1 is 1.22 bits per heavy atom. The third-order valence-corrected chi connectivity index (χ3v) is 4.06. The Balaban J connectivity index is 2.05. The summed E-state index contributed by atoms with van der Waals surface area (Å²) in [7, 11) is 0. The zero-order valence-electron chi connectivity index (χ0n) is 11.8. The number of aromatic nitrogens is 1. The molecule has 0 saturated carbocycles. The SMILES string of the molecule is CC(C)(C)C1CCCN(c2cncc(N)c2)CC1. The molecular weight excluding hydrogens is 222 g/mol. The minimum absolute atomic E-state index is 0.421. The van der Waals surface area contributed by atoms with Crippen LogP contribution < -0.4 is 10.6 Å². The van der Waals surface area contributed by atoms with Crippen LogP contribution in [0.3, 0.4) is 0 Å². The molecule has 0 amide bonds. The molecule has 2 heterocycles. The van der Waals surface area contributed by atoms with Crippen molar-refractivity contribution in [3.05, 3.63) is 18.5 Å². The van der Waals surface area contributed by atoms with Crippen LogP contribution in [-0.4, -0.2) is 18.1 Å². The fourth-order valence-electron chi connectivity index (χ4n) is 2.84. The van der Waals surface area contributed by atoms with E-state index in [2.05, 4.69) is 30.7 Å². The van der Waals surface area contributed by atoms with Crippen LogP contribution >= 0.6 is 0 Å². The second-order valence-corrected chi connectivity index (χ2v) is 6.46. The van der Waals surface area contributed by atoms with Gasteiger partial charge in [-0.25, -0.2) is 0 Å². The highest BCUT2D eigenvalue weighted by Gasteiger charge is 2.27. The minimum atomic E-state index is 0.421. The molecule has 0 radical (unpaired) electrons. The van der Waals surface area contributed by atoms with Crippen LogP contribution in [0.1, 0.15) is 40.0 Å². The average Bonchev–Trinajstić information content (AvgIpc) is 2.53. The topological polar surface area (TPSA) is 42.2 Å². The van der Waals surface area contributed by atoms with Gasteiger partial charge in [-0.15, -0.1) is 0 Å². The first kappa shape index (κ1) is 13.2. The van der Waals surface area contributed by atoms with Crippen molar-refractivity contribution >= 4 is 11.4 Å². The molecule has 2 N–H and O–H groups in total. The summed E-state index contributed by atoms with van der Waals surface area (Å²) in [5.41, 5.74) is 8.16. The molecule has 100 valence electrons. The van der Waals surface area contributed by atoms with E-state index >= 15 is 0 Å². The van der Waals surface area contributed by atoms with Gasteiger partial charge in [0.2, 0.25) is 0 Å². The van der Waals surface area contributed by atoms with Crippen LogP contribution in [0.2, 0.25) is 0 Å². The van der Waals surface area contributed by atoms with Gasteiger partial charge in [0.25, 0.3) is 0 Å². The lowest BCUT2D eigenvalue weighted by atomic mass is 9.77. The molecule has 1 aromatic heterocycles. The Morgan fingerprint density at radius 2 is 2.00 bits per heavy atom. The highest BCUT2D eigenvalue weighted by Crippen LogP contribution is 2.35. The number of pyridine rings is 1. The van der Waals surface area contributed by atoms with E-state index in [0.717, 1.165) is 24.7 Å². The van der Waals surface area contributed by atoms with E-state index in [-0.39, 0.29) is 0 Å². The predicted molar refractivity (Wildman–Crippen MR) is 77.7 cm³/mol. The van der Waals surface area contributed by atoms with Crippen molar-refractivity contribution in [1.82, 2.24) is 4.98 Å². The minimum Gasteiger partial charge on any atom is -0.397 e. The van der Waals surface area contributed by atoms with Crippen LogP contribution in [0.5, 0.6) is 0 Å². The molecule has 18 heavy (non-hydrogen) atoms. The van der Waals surface area contributed by atoms with Gasteiger partial charge >= 0.3 is 0 Å². The third-order valence-electron chi connectivity index (χ3n) is 4.06. The normalized spacial score (nSPS) is 21.7. The summed E-state index contributed by atoms with van der Waals surface area (Å²) < 4.78 is 0. The van der Waals surface area contributed by atoms with Crippen LogP contribution in [0.4, 0.5) is 11.4 Å². The molecule has 0 bridgehead atoms. The van der Waals surface area contributed by atoms with E-state index < -0.39 is 0 Å². The third kappa shape index (κ3) is 3.15. The van der Waals surface area contributed by atoms with E-state index in [1.807, 2.05) is 12.3 Å². The molecule has 0 aliphatic carbocycles. The first-order valence-electron chi connectivity index (χ1n) is 6.92. The summed E-state index contributed by atoms with van der Waals surface area (Å²) in [5.74, 6) is 0.816. The maximum absolute atomic E-state index is 5.81. The quantitative estimate of drug-likeness (QED) is 0.827. The van der Waals surface area contributed by atoms with Crippen LogP contribution in [0.15, 0.2) is 18.5 Å². The average molecular weight is 247 g/mol. The maximum Gasteiger partial charge on any atom is 0.0573 e. The monoisotopic (exact) mass is 247 g/mol. The van der Waals surface area contributed by atoms with E-state index in [1.54, 1.807) is 6.20 Å². The van der Waals surface area contributed by atoms with Crippen molar-refractivity contribution in [3.8, 4) is 0 Å². The van der Waals surface area contributed by atoms with Gasteiger partial charge in [-0.2, -0.15) is 0 Å². The van der Waals surface area contributed by atoms with E-state index in [0.29, 0.717) is 5.41 Å². The molecule has 3 heteroatoms. The number of hydrogen-bond acceptors (Lipinski definition) is 3. The summed E-state index contributed by atoms with van der Waals surface area (Å²) in [5, 5.41) is 0. The number of hydrogen-bond donors (Lipinski definition) is 1. The fraction of sp³-hybridized carbons (Fsp3) is 0.667. The number of anilines is 2. The van der Waals surface area contributed by atoms with Crippen molar-refractivity contribution in [1.29, 1.82) is 0 Å². The van der Waals surface area contributed by atoms with Crippen LogP contribution in [0, 0.1) is 11.3 Å². The first-order chi connectivity index (χ1) is 8.47. The molecule has 2 rings (SSSR count). The molecule has 1 aromatic rings. The molecule has 1 fully saturated rings. The largest absolute Gasteiger partial charge is 0.397 e. The van der Waals surface area contributed by atoms with Crippen molar-refractivity contribution in [3.63, 3.8) is 0 Å². The Bertz CT molecular complexity index is 395. The molecule has 1 saturated heterocycles. The standard InChI is InChI=1S/C15H25N3/c1-15(2,3)12-5-4-7-18(8-6-12)14-9-13(16)10-17-11-14/h9-12H,4-8,16H2,1-3H3. The van der Waals surface area contributed by atoms with Gasteiger partial charge in [0.1, 0.15) is 0 Å². The Kier molecular flexibility index (Phi) is 3.79. The lowest BCUT2D eigenvalue weighted by Crippen LogP contribution is -2.26. The molecular formula is C15H25N3. The van der Waals surface area contributed by atoms with Crippen LogP contribution in [-0.2, 0) is 0 Å². The van der Waals surface area contributed by atoms with Gasteiger partial charge in [-0.1, -0.05) is 20.8 Å². The highest BCUT2D eigenvalue weighted by atomic mass is 15.1. The van der Waals surface area contributed by atoms with Crippen molar-refractivity contribution < 1.29 is 0 Å². The molecule has 0 aromatic carbocycles. The van der Waals surface area contributed by atoms with Gasteiger partial charge in [0.05, 0.1) is 17.6 Å². The second-order valence-electron chi connectivity index (χ2n) is 6.46. The van der Waals surface area contributed by atoms with Crippen molar-refractivity contribution in [2.75, 3.05) is 23.7 Å². The van der Waals surface area contributed by atoms with E-state index in [4.69, 9.17) is 5.73 Å². The van der Waals surface area contributed by atoms with Gasteiger partial charge in [-0.3, -0.25) is 4.98 Å². The molecule has 1 aliphatic rings. The summed E-state index contributed by atoms with van der Waals surface area (Å²) in [6.07, 6.45) is 7.48. The molecule has 0 spiro atoms. The van der Waals surface area contributed by atoms with Crippen molar-refractivity contribution in [2.45, 2.75) is 40.0 Å². The zero-order valence-corrected chi connectivity index (χ0v) is 11.8. The number of nitrogens with two attached hydrogens (primary N) is 1. The lowest BCUT2D eigenvalue weighted by Gasteiger charge is -2.30. The van der Waals surface area contributed by atoms with Gasteiger partial charge in [0, 0.05) is 19.3 Å². The van der Waals surface area contributed by atoms with Crippen molar-refractivity contribution in [2.24, 2.45) is 11.3 Å². The molecule has 3 nitrogen and oxygen atoms in total. The Labute approximate surface area is 110 Å². The first-order valence-corrected chi connectivity index (χ1v) is 6.92. The molecule has 1 aliphatic heterocycles. The lowest BCUT2D eigenvalue weighted by molar-refractivity contribution is 0.220. The number of nitrogens with zero attached hydrogens (tertiary/aromatic N) is 2. The highest BCUT2D eigenvalue weighted by molar-refractivity contribution is 5.53. The second kappa shape index (κ2) is 5.17. The zero-order chi connectivity index (χ0) is 13.2. The summed E-state index contributed by atoms with van der Waals surface area (Å²) >= 11 is 0. The molecule has 1 atom stereocenters. The number of rotatable bonds is 1. The molecule has 1 unspecified atom stereocenters. The summed E-state index contributed by atoms with van der Waals surface area (Å²) in [4.78, 5) is 6.62. The maximum atomic E-state index is 5.81. The van der Waals surface area contributed by atoms with E-state index in [9.17, 15) is 0 Å². The Hall–Kier alpha value is -1.25. The number of nitrogen functional groups attached to an aromatic ring is 1. The van der Waals surface area contributed by atoms with Crippen LogP contribution in [0.25, 0.3) is 0 Å². The van der Waals surface area contributed by atoms with Gasteiger partial charge in [0.15, 0.2) is 0 Å². The summed E-state index contributed by atoms with van der Waals surface area (Å²) in [6, 6.07) is 2.03. The van der Waals surface area contributed by atoms with Gasteiger partial charge in [-0.05, 0) is 36.7 Å². The predicted octanol–water partition coefficient (Wildman–Crippen LogP) is 3.32. The summed E-state index contributed by atoms with van der Waals surface area (Å²) in [6.45, 7) is 9.31. The van der Waals surface area contributed by atoms with Gasteiger partial charge < -0.3 is 10.6 Å². The Morgan fingerprint density at radius 3 is 2.67 bits per heavy atom.